The van der Waals surface area contributed by atoms with Gasteiger partial charge in [-0.2, -0.15) is 16.7 Å². The number of rotatable bonds is 4. The van der Waals surface area contributed by atoms with E-state index >= 15 is 0 Å². The van der Waals surface area contributed by atoms with Gasteiger partial charge in [0, 0.05) is 11.7 Å². The quantitative estimate of drug-likeness (QED) is 0.934. The van der Waals surface area contributed by atoms with Crippen LogP contribution in [-0.2, 0) is 6.42 Å². The normalized spacial score (nSPS) is 19.2. The fourth-order valence-corrected chi connectivity index (χ4v) is 3.62. The number of nitrogens with zero attached hydrogens (tertiary/aromatic N) is 2. The van der Waals surface area contributed by atoms with Crippen molar-refractivity contribution in [3.63, 3.8) is 0 Å². The number of thioether (sulfide) groups is 1. The standard InChI is InChI=1S/C16H21N3OS/c1-12-17-16(20-19-12)11-13-4-6-15(7-5-13)18-14-3-2-9-21-10-8-14/h4-7,14,18H,2-3,8-11H2,1H3. The van der Waals surface area contributed by atoms with E-state index in [1.165, 1.54) is 42.0 Å². The molecule has 1 aliphatic heterocycles. The van der Waals surface area contributed by atoms with Crippen LogP contribution in [0.5, 0.6) is 0 Å². The van der Waals surface area contributed by atoms with Crippen LogP contribution in [0, 0.1) is 6.92 Å². The van der Waals surface area contributed by atoms with Crippen LogP contribution in [-0.4, -0.2) is 27.7 Å². The van der Waals surface area contributed by atoms with Crippen molar-refractivity contribution in [2.24, 2.45) is 0 Å². The molecule has 1 atom stereocenters. The molecule has 1 aliphatic rings. The number of aromatic nitrogens is 2. The van der Waals surface area contributed by atoms with Gasteiger partial charge in [0.2, 0.25) is 5.89 Å². The van der Waals surface area contributed by atoms with E-state index in [9.17, 15) is 0 Å². The zero-order valence-electron chi connectivity index (χ0n) is 12.3. The molecule has 1 saturated heterocycles. The van der Waals surface area contributed by atoms with Gasteiger partial charge in [0.25, 0.3) is 0 Å². The average molecular weight is 303 g/mol. The van der Waals surface area contributed by atoms with Crippen LogP contribution >= 0.6 is 11.8 Å². The first-order chi connectivity index (χ1) is 10.3. The molecule has 2 aromatic rings. The highest BCUT2D eigenvalue weighted by atomic mass is 32.2. The second-order valence-corrected chi connectivity index (χ2v) is 6.72. The topological polar surface area (TPSA) is 51.0 Å². The van der Waals surface area contributed by atoms with Crippen molar-refractivity contribution in [1.82, 2.24) is 10.1 Å². The van der Waals surface area contributed by atoms with Crippen LogP contribution in [0.4, 0.5) is 5.69 Å². The Labute approximate surface area is 129 Å². The molecular weight excluding hydrogens is 282 g/mol. The molecule has 2 heterocycles. The van der Waals surface area contributed by atoms with E-state index in [0.29, 0.717) is 24.2 Å². The third-order valence-corrected chi connectivity index (χ3v) is 4.80. The molecule has 0 amide bonds. The summed E-state index contributed by atoms with van der Waals surface area (Å²) in [6.45, 7) is 1.84. The van der Waals surface area contributed by atoms with Crippen molar-refractivity contribution < 1.29 is 4.52 Å². The zero-order valence-corrected chi connectivity index (χ0v) is 13.2. The Bertz CT molecular complexity index is 559. The van der Waals surface area contributed by atoms with E-state index < -0.39 is 0 Å². The van der Waals surface area contributed by atoms with Crippen LogP contribution in [0.1, 0.15) is 36.5 Å². The van der Waals surface area contributed by atoms with Crippen molar-refractivity contribution in [2.75, 3.05) is 16.8 Å². The highest BCUT2D eigenvalue weighted by Gasteiger charge is 2.12. The highest BCUT2D eigenvalue weighted by molar-refractivity contribution is 7.99. The van der Waals surface area contributed by atoms with Gasteiger partial charge >= 0.3 is 0 Å². The fourth-order valence-electron chi connectivity index (χ4n) is 2.59. The molecule has 1 aromatic carbocycles. The molecule has 0 radical (unpaired) electrons. The van der Waals surface area contributed by atoms with Gasteiger partial charge in [0.15, 0.2) is 5.82 Å². The molecule has 112 valence electrons. The Balaban J connectivity index is 1.58. The van der Waals surface area contributed by atoms with Crippen LogP contribution in [0.25, 0.3) is 0 Å². The predicted octanol–water partition coefficient (Wildman–Crippen LogP) is 3.67. The summed E-state index contributed by atoms with van der Waals surface area (Å²) in [7, 11) is 0. The number of hydrogen-bond donors (Lipinski definition) is 1. The summed E-state index contributed by atoms with van der Waals surface area (Å²) < 4.78 is 5.15. The van der Waals surface area contributed by atoms with Gasteiger partial charge in [-0.25, -0.2) is 0 Å². The minimum atomic E-state index is 0.615. The van der Waals surface area contributed by atoms with Gasteiger partial charge in [-0.15, -0.1) is 0 Å². The van der Waals surface area contributed by atoms with Crippen LogP contribution in [0.15, 0.2) is 28.8 Å². The second-order valence-electron chi connectivity index (χ2n) is 5.49. The predicted molar refractivity (Wildman–Crippen MR) is 86.9 cm³/mol. The van der Waals surface area contributed by atoms with E-state index in [0.717, 1.165) is 0 Å². The highest BCUT2D eigenvalue weighted by Crippen LogP contribution is 2.21. The summed E-state index contributed by atoms with van der Waals surface area (Å²) in [4.78, 5) is 4.24. The SMILES string of the molecule is Cc1noc(Cc2ccc(NC3CCCSCC3)cc2)n1. The molecule has 1 N–H and O–H groups in total. The molecule has 1 unspecified atom stereocenters. The van der Waals surface area contributed by atoms with Crippen LogP contribution in [0.2, 0.25) is 0 Å². The van der Waals surface area contributed by atoms with Gasteiger partial charge in [0.1, 0.15) is 0 Å². The first-order valence-corrected chi connectivity index (χ1v) is 8.67. The van der Waals surface area contributed by atoms with Gasteiger partial charge < -0.3 is 9.84 Å². The lowest BCUT2D eigenvalue weighted by Crippen LogP contribution is -2.19. The maximum Gasteiger partial charge on any atom is 0.231 e. The van der Waals surface area contributed by atoms with E-state index in [1.54, 1.807) is 0 Å². The Morgan fingerprint density at radius 3 is 2.86 bits per heavy atom. The Morgan fingerprint density at radius 2 is 2.10 bits per heavy atom. The molecule has 0 spiro atoms. The summed E-state index contributed by atoms with van der Waals surface area (Å²) >= 11 is 2.07. The third kappa shape index (κ3) is 4.24. The third-order valence-electron chi connectivity index (χ3n) is 3.70. The van der Waals surface area contributed by atoms with Crippen LogP contribution < -0.4 is 5.32 Å². The molecular formula is C16H21N3OS. The van der Waals surface area contributed by atoms with Gasteiger partial charge in [-0.1, -0.05) is 17.3 Å². The van der Waals surface area contributed by atoms with E-state index in [2.05, 4.69) is 51.5 Å². The number of aryl methyl sites for hydroxylation is 1. The van der Waals surface area contributed by atoms with Crippen molar-refractivity contribution in [1.29, 1.82) is 0 Å². The number of benzene rings is 1. The molecule has 3 rings (SSSR count). The smallest absolute Gasteiger partial charge is 0.231 e. The molecule has 0 bridgehead atoms. The van der Waals surface area contributed by atoms with E-state index in [4.69, 9.17) is 4.52 Å². The Hall–Kier alpha value is -1.49. The Morgan fingerprint density at radius 1 is 1.24 bits per heavy atom. The summed E-state index contributed by atoms with van der Waals surface area (Å²) in [5.74, 6) is 3.94. The summed E-state index contributed by atoms with van der Waals surface area (Å²) in [5.41, 5.74) is 2.40. The van der Waals surface area contributed by atoms with Gasteiger partial charge in [0.05, 0.1) is 6.42 Å². The van der Waals surface area contributed by atoms with E-state index in [-0.39, 0.29) is 0 Å². The minimum Gasteiger partial charge on any atom is -0.382 e. The Kier molecular flexibility index (Phi) is 4.80. The van der Waals surface area contributed by atoms with Crippen molar-refractivity contribution in [2.45, 2.75) is 38.6 Å². The number of hydrogen-bond acceptors (Lipinski definition) is 5. The summed E-state index contributed by atoms with van der Waals surface area (Å²) in [6.07, 6.45) is 4.54. The summed E-state index contributed by atoms with van der Waals surface area (Å²) in [5, 5.41) is 7.47. The second kappa shape index (κ2) is 6.98. The number of anilines is 1. The monoisotopic (exact) mass is 303 g/mol. The lowest BCUT2D eigenvalue weighted by molar-refractivity contribution is 0.381. The largest absolute Gasteiger partial charge is 0.382 e. The van der Waals surface area contributed by atoms with Crippen molar-refractivity contribution in [3.8, 4) is 0 Å². The molecule has 5 heteroatoms. The molecule has 1 aromatic heterocycles. The molecule has 0 aliphatic carbocycles. The first kappa shape index (κ1) is 14.4. The summed E-state index contributed by atoms with van der Waals surface area (Å²) in [6, 6.07) is 9.18. The maximum atomic E-state index is 5.15. The lowest BCUT2D eigenvalue weighted by atomic mass is 10.1. The lowest BCUT2D eigenvalue weighted by Gasteiger charge is -2.17. The zero-order chi connectivity index (χ0) is 14.5. The maximum absolute atomic E-state index is 5.15. The molecule has 0 saturated carbocycles. The van der Waals surface area contributed by atoms with Crippen LogP contribution in [0.3, 0.4) is 0 Å². The minimum absolute atomic E-state index is 0.615. The molecule has 1 fully saturated rings. The van der Waals surface area contributed by atoms with Gasteiger partial charge in [-0.05, 0) is 55.4 Å². The molecule has 4 nitrogen and oxygen atoms in total. The number of nitrogens with one attached hydrogen (secondary N) is 1. The first-order valence-electron chi connectivity index (χ1n) is 7.52. The fraction of sp³-hybridized carbons (Fsp3) is 0.500. The average Bonchev–Trinajstić information content (AvgIpc) is 2.74. The van der Waals surface area contributed by atoms with Gasteiger partial charge in [-0.3, -0.25) is 0 Å². The van der Waals surface area contributed by atoms with Crippen molar-refractivity contribution in [3.05, 3.63) is 41.5 Å². The molecule has 21 heavy (non-hydrogen) atoms. The van der Waals surface area contributed by atoms with E-state index in [1.807, 2.05) is 6.92 Å². The van der Waals surface area contributed by atoms with Crippen molar-refractivity contribution >= 4 is 17.4 Å².